The Kier molecular flexibility index (Phi) is 4.74. The minimum absolute atomic E-state index is 0.0119. The van der Waals surface area contributed by atoms with E-state index < -0.39 is 17.7 Å². The normalized spacial score (nSPS) is 22.8. The molecule has 3 nitrogen and oxygen atoms in total. The summed E-state index contributed by atoms with van der Waals surface area (Å²) in [7, 11) is 0. The lowest BCUT2D eigenvalue weighted by molar-refractivity contribution is -0.135. The molecule has 1 amide bonds. The third-order valence-corrected chi connectivity index (χ3v) is 4.99. The Morgan fingerprint density at radius 1 is 1.33 bits per heavy atom. The average molecular weight is 371 g/mol. The van der Waals surface area contributed by atoms with Crippen LogP contribution < -0.4 is 5.32 Å². The molecule has 0 radical (unpaired) electrons. The Morgan fingerprint density at radius 3 is 2.92 bits per heavy atom. The first kappa shape index (κ1) is 17.1. The smallest absolute Gasteiger partial charge is 0.262 e. The summed E-state index contributed by atoms with van der Waals surface area (Å²) >= 11 is 12.0. The van der Waals surface area contributed by atoms with E-state index in [1.165, 1.54) is 18.3 Å². The molecule has 24 heavy (non-hydrogen) atoms. The lowest BCUT2D eigenvalue weighted by Crippen LogP contribution is -2.43. The zero-order valence-corrected chi connectivity index (χ0v) is 14.0. The highest BCUT2D eigenvalue weighted by Gasteiger charge is 2.47. The molecule has 2 aromatic rings. The number of aromatic nitrogens is 1. The molecule has 1 aliphatic rings. The first-order chi connectivity index (χ1) is 11.4. The molecular weight excluding hydrogens is 357 g/mol. The molecule has 1 heterocycles. The van der Waals surface area contributed by atoms with Gasteiger partial charge in [0.1, 0.15) is 6.17 Å². The summed E-state index contributed by atoms with van der Waals surface area (Å²) < 4.78 is 29.3. The SMILES string of the molecule is O=C(NCc1cccc(Cl)c1Cl)[C@@]1(F)CC[C@H](F)c2ncccc21. The van der Waals surface area contributed by atoms with Gasteiger partial charge in [-0.15, -0.1) is 0 Å². The van der Waals surface area contributed by atoms with E-state index >= 15 is 4.39 Å². The first-order valence-electron chi connectivity index (χ1n) is 7.43. The van der Waals surface area contributed by atoms with E-state index in [2.05, 4.69) is 10.3 Å². The van der Waals surface area contributed by atoms with Gasteiger partial charge in [0.2, 0.25) is 5.67 Å². The van der Waals surface area contributed by atoms with E-state index in [9.17, 15) is 9.18 Å². The van der Waals surface area contributed by atoms with Crippen molar-refractivity contribution in [3.8, 4) is 0 Å². The Morgan fingerprint density at radius 2 is 2.12 bits per heavy atom. The van der Waals surface area contributed by atoms with Crippen molar-refractivity contribution in [2.45, 2.75) is 31.2 Å². The van der Waals surface area contributed by atoms with Gasteiger partial charge in [0, 0.05) is 18.3 Å². The number of nitrogens with one attached hydrogen (secondary N) is 1. The van der Waals surface area contributed by atoms with Crippen LogP contribution in [-0.4, -0.2) is 10.9 Å². The molecule has 126 valence electrons. The summed E-state index contributed by atoms with van der Waals surface area (Å²) in [6, 6.07) is 7.89. The molecule has 1 aliphatic carbocycles. The lowest BCUT2D eigenvalue weighted by Gasteiger charge is -2.31. The molecule has 0 fully saturated rings. The maximum Gasteiger partial charge on any atom is 0.262 e. The maximum absolute atomic E-state index is 15.3. The molecule has 2 atom stereocenters. The highest BCUT2D eigenvalue weighted by atomic mass is 35.5. The van der Waals surface area contributed by atoms with Crippen molar-refractivity contribution >= 4 is 29.1 Å². The van der Waals surface area contributed by atoms with Gasteiger partial charge in [-0.2, -0.15) is 0 Å². The second kappa shape index (κ2) is 6.65. The fraction of sp³-hybridized carbons (Fsp3) is 0.294. The molecule has 0 unspecified atom stereocenters. The van der Waals surface area contributed by atoms with Crippen LogP contribution in [0, 0.1) is 0 Å². The second-order valence-electron chi connectivity index (χ2n) is 5.64. The van der Waals surface area contributed by atoms with Crippen LogP contribution in [0.25, 0.3) is 0 Å². The highest BCUT2D eigenvalue weighted by Crippen LogP contribution is 2.43. The van der Waals surface area contributed by atoms with Crippen molar-refractivity contribution in [3.05, 3.63) is 63.4 Å². The summed E-state index contributed by atoms with van der Waals surface area (Å²) in [5, 5.41) is 3.19. The molecule has 0 spiro atoms. The summed E-state index contributed by atoms with van der Waals surface area (Å²) in [5.41, 5.74) is -1.76. The van der Waals surface area contributed by atoms with E-state index in [1.807, 2.05) is 0 Å². The summed E-state index contributed by atoms with van der Waals surface area (Å²) in [4.78, 5) is 16.3. The molecule has 0 saturated heterocycles. The first-order valence-corrected chi connectivity index (χ1v) is 8.18. The third-order valence-electron chi connectivity index (χ3n) is 4.14. The van der Waals surface area contributed by atoms with Gasteiger partial charge >= 0.3 is 0 Å². The molecule has 0 aliphatic heterocycles. The number of halogens is 4. The molecule has 7 heteroatoms. The largest absolute Gasteiger partial charge is 0.349 e. The molecule has 0 bridgehead atoms. The van der Waals surface area contributed by atoms with Crippen molar-refractivity contribution in [2.75, 3.05) is 0 Å². The maximum atomic E-state index is 15.3. The number of rotatable bonds is 3. The van der Waals surface area contributed by atoms with E-state index in [1.54, 1.807) is 18.2 Å². The summed E-state index contributed by atoms with van der Waals surface area (Å²) in [6.45, 7) is 0.0263. The average Bonchev–Trinajstić information content (AvgIpc) is 2.59. The quantitative estimate of drug-likeness (QED) is 0.852. The number of benzene rings is 1. The van der Waals surface area contributed by atoms with Crippen LogP contribution in [0.15, 0.2) is 36.5 Å². The second-order valence-corrected chi connectivity index (χ2v) is 6.42. The zero-order valence-electron chi connectivity index (χ0n) is 12.5. The molecule has 1 aromatic carbocycles. The van der Waals surface area contributed by atoms with Crippen molar-refractivity contribution in [3.63, 3.8) is 0 Å². The Hall–Kier alpha value is -1.72. The van der Waals surface area contributed by atoms with Crippen molar-refractivity contribution in [1.82, 2.24) is 10.3 Å². The van der Waals surface area contributed by atoms with Gasteiger partial charge in [0.05, 0.1) is 15.7 Å². The predicted octanol–water partition coefficient (Wildman–Crippen LogP) is 4.67. The van der Waals surface area contributed by atoms with Crippen LogP contribution in [0.4, 0.5) is 8.78 Å². The van der Waals surface area contributed by atoms with Gasteiger partial charge in [0.25, 0.3) is 5.91 Å². The minimum Gasteiger partial charge on any atom is -0.349 e. The molecular formula is C17H14Cl2F2N2O. The number of carbonyl (C=O) groups is 1. The Balaban J connectivity index is 1.82. The van der Waals surface area contributed by atoms with E-state index in [-0.39, 0.29) is 30.6 Å². The van der Waals surface area contributed by atoms with Crippen molar-refractivity contribution in [1.29, 1.82) is 0 Å². The van der Waals surface area contributed by atoms with Gasteiger partial charge < -0.3 is 5.32 Å². The zero-order chi connectivity index (χ0) is 17.3. The number of carbonyl (C=O) groups excluding carboxylic acids is 1. The Bertz CT molecular complexity index is 787. The van der Waals surface area contributed by atoms with Crippen LogP contribution in [-0.2, 0) is 17.0 Å². The molecule has 3 rings (SSSR count). The van der Waals surface area contributed by atoms with E-state index in [0.717, 1.165) is 0 Å². The van der Waals surface area contributed by atoms with Crippen LogP contribution in [0.3, 0.4) is 0 Å². The molecule has 1 aromatic heterocycles. The number of fused-ring (bicyclic) bond motifs is 1. The van der Waals surface area contributed by atoms with Gasteiger partial charge in [-0.3, -0.25) is 9.78 Å². The fourth-order valence-corrected chi connectivity index (χ4v) is 3.22. The molecule has 0 saturated carbocycles. The fourth-order valence-electron chi connectivity index (χ4n) is 2.84. The van der Waals surface area contributed by atoms with Crippen LogP contribution in [0.2, 0.25) is 10.0 Å². The third kappa shape index (κ3) is 2.98. The number of amides is 1. The predicted molar refractivity (Wildman–Crippen MR) is 88.4 cm³/mol. The number of pyridine rings is 1. The molecule has 1 N–H and O–H groups in total. The lowest BCUT2D eigenvalue weighted by atomic mass is 9.81. The highest BCUT2D eigenvalue weighted by molar-refractivity contribution is 6.42. The van der Waals surface area contributed by atoms with E-state index in [4.69, 9.17) is 23.2 Å². The van der Waals surface area contributed by atoms with Crippen LogP contribution >= 0.6 is 23.2 Å². The summed E-state index contributed by atoms with van der Waals surface area (Å²) in [6.07, 6.45) is -0.297. The van der Waals surface area contributed by atoms with Gasteiger partial charge in [-0.05, 0) is 30.5 Å². The van der Waals surface area contributed by atoms with Crippen LogP contribution in [0.1, 0.15) is 35.8 Å². The number of hydrogen-bond acceptors (Lipinski definition) is 2. The van der Waals surface area contributed by atoms with Gasteiger partial charge in [-0.25, -0.2) is 8.78 Å². The van der Waals surface area contributed by atoms with Gasteiger partial charge in [-0.1, -0.05) is 41.4 Å². The van der Waals surface area contributed by atoms with Crippen LogP contribution in [0.5, 0.6) is 0 Å². The minimum atomic E-state index is -2.31. The summed E-state index contributed by atoms with van der Waals surface area (Å²) in [5.74, 6) is -0.834. The Labute approximate surface area is 148 Å². The monoisotopic (exact) mass is 370 g/mol. The number of nitrogens with zero attached hydrogens (tertiary/aromatic N) is 1. The topological polar surface area (TPSA) is 42.0 Å². The van der Waals surface area contributed by atoms with Gasteiger partial charge in [0.15, 0.2) is 0 Å². The standard InChI is InChI=1S/C17H14Cl2F2N2O/c18-12-5-1-3-10(14(12)19)9-23-16(24)17(21)7-6-13(20)15-11(17)4-2-8-22-15/h1-5,8,13H,6-7,9H2,(H,23,24)/t13-,17+/m0/s1. The van der Waals surface area contributed by atoms with E-state index in [0.29, 0.717) is 15.6 Å². The number of hydrogen-bond donors (Lipinski definition) is 1. The van der Waals surface area contributed by atoms with Crippen molar-refractivity contribution in [2.24, 2.45) is 0 Å². The number of alkyl halides is 2. The van der Waals surface area contributed by atoms with Crippen molar-refractivity contribution < 1.29 is 13.6 Å².